The van der Waals surface area contributed by atoms with Gasteiger partial charge in [-0.15, -0.1) is 0 Å². The Morgan fingerprint density at radius 1 is 1.40 bits per heavy atom. The number of para-hydroxylation sites is 2. The molecule has 15 heavy (non-hydrogen) atoms. The second kappa shape index (κ2) is 3.82. The van der Waals surface area contributed by atoms with Crippen LogP contribution < -0.4 is 5.32 Å². The van der Waals surface area contributed by atoms with Crippen LogP contribution in [-0.4, -0.2) is 10.3 Å². The molecule has 0 amide bonds. The van der Waals surface area contributed by atoms with Crippen molar-refractivity contribution in [2.75, 3.05) is 5.32 Å². The predicted octanol–water partition coefficient (Wildman–Crippen LogP) is 3.09. The summed E-state index contributed by atoms with van der Waals surface area (Å²) in [6.07, 6.45) is 0. The summed E-state index contributed by atoms with van der Waals surface area (Å²) in [5.41, 5.74) is 1.13. The smallest absolute Gasteiger partial charge is 0.248 e. The average molecular weight is 225 g/mol. The Balaban J connectivity index is 2.30. The zero-order chi connectivity index (χ0) is 10.8. The Labute approximate surface area is 91.5 Å². The van der Waals surface area contributed by atoms with E-state index in [2.05, 4.69) is 10.5 Å². The monoisotopic (exact) mass is 224 g/mol. The highest BCUT2D eigenvalue weighted by molar-refractivity contribution is 6.33. The van der Waals surface area contributed by atoms with Crippen LogP contribution in [0.15, 0.2) is 28.8 Å². The molecule has 1 heterocycles. The van der Waals surface area contributed by atoms with Crippen LogP contribution in [-0.2, 0) is 0 Å². The fourth-order valence-corrected chi connectivity index (χ4v) is 1.25. The van der Waals surface area contributed by atoms with E-state index >= 15 is 0 Å². The van der Waals surface area contributed by atoms with Gasteiger partial charge in [-0.3, -0.25) is 0 Å². The molecule has 0 aliphatic heterocycles. The molecule has 5 heteroatoms. The minimum absolute atomic E-state index is 0.127. The van der Waals surface area contributed by atoms with Gasteiger partial charge in [0.25, 0.3) is 0 Å². The third kappa shape index (κ3) is 1.89. The molecular weight excluding hydrogens is 216 g/mol. The normalized spacial score (nSPS) is 10.3. The molecule has 0 saturated carbocycles. The minimum Gasteiger partial charge on any atom is -0.506 e. The molecule has 4 nitrogen and oxygen atoms in total. The van der Waals surface area contributed by atoms with Crippen LogP contribution in [0, 0.1) is 6.92 Å². The quantitative estimate of drug-likeness (QED) is 0.770. The molecule has 0 bridgehead atoms. The van der Waals surface area contributed by atoms with Gasteiger partial charge in [-0.2, -0.15) is 0 Å². The van der Waals surface area contributed by atoms with E-state index in [0.29, 0.717) is 22.3 Å². The van der Waals surface area contributed by atoms with E-state index < -0.39 is 0 Å². The lowest BCUT2D eigenvalue weighted by Crippen LogP contribution is -1.89. The van der Waals surface area contributed by atoms with Crippen LogP contribution in [0.2, 0.25) is 5.02 Å². The third-order valence-corrected chi connectivity index (χ3v) is 2.39. The molecule has 0 saturated heterocycles. The van der Waals surface area contributed by atoms with Crippen LogP contribution in [0.1, 0.15) is 5.69 Å². The summed E-state index contributed by atoms with van der Waals surface area (Å²) in [5, 5.41) is 16.5. The third-order valence-electron chi connectivity index (χ3n) is 1.94. The second-order valence-corrected chi connectivity index (χ2v) is 3.43. The Morgan fingerprint density at radius 2 is 2.13 bits per heavy atom. The largest absolute Gasteiger partial charge is 0.506 e. The van der Waals surface area contributed by atoms with Crippen molar-refractivity contribution in [1.29, 1.82) is 0 Å². The van der Waals surface area contributed by atoms with Gasteiger partial charge in [0.05, 0.1) is 5.69 Å². The zero-order valence-corrected chi connectivity index (χ0v) is 8.75. The molecule has 0 fully saturated rings. The summed E-state index contributed by atoms with van der Waals surface area (Å²) in [5.74, 6) is 0.457. The SMILES string of the molecule is Cc1noc(Nc2ccccc2O)c1Cl. The fourth-order valence-electron chi connectivity index (χ4n) is 1.14. The average Bonchev–Trinajstić information content (AvgIpc) is 2.53. The summed E-state index contributed by atoms with van der Waals surface area (Å²) in [6.45, 7) is 1.74. The van der Waals surface area contributed by atoms with Crippen molar-refractivity contribution in [3.63, 3.8) is 0 Å². The molecule has 1 aromatic heterocycles. The number of aromatic nitrogens is 1. The van der Waals surface area contributed by atoms with E-state index in [9.17, 15) is 5.11 Å². The summed E-state index contributed by atoms with van der Waals surface area (Å²) in [6, 6.07) is 6.80. The fraction of sp³-hybridized carbons (Fsp3) is 0.100. The molecule has 0 aliphatic rings. The van der Waals surface area contributed by atoms with Crippen molar-refractivity contribution in [3.8, 4) is 5.75 Å². The highest BCUT2D eigenvalue weighted by atomic mass is 35.5. The Morgan fingerprint density at radius 3 is 2.73 bits per heavy atom. The Kier molecular flexibility index (Phi) is 2.51. The first-order chi connectivity index (χ1) is 7.18. The maximum atomic E-state index is 9.50. The van der Waals surface area contributed by atoms with Crippen molar-refractivity contribution in [1.82, 2.24) is 5.16 Å². The van der Waals surface area contributed by atoms with Gasteiger partial charge in [0.1, 0.15) is 16.5 Å². The molecular formula is C10H9ClN2O2. The van der Waals surface area contributed by atoms with E-state index in [4.69, 9.17) is 16.1 Å². The van der Waals surface area contributed by atoms with Crippen LogP contribution >= 0.6 is 11.6 Å². The molecule has 0 unspecified atom stereocenters. The zero-order valence-electron chi connectivity index (χ0n) is 7.99. The van der Waals surface area contributed by atoms with Gasteiger partial charge in [-0.25, -0.2) is 0 Å². The molecule has 0 aliphatic carbocycles. The van der Waals surface area contributed by atoms with E-state index in [1.165, 1.54) is 0 Å². The number of phenols is 1. The summed E-state index contributed by atoms with van der Waals surface area (Å²) in [4.78, 5) is 0. The second-order valence-electron chi connectivity index (χ2n) is 3.05. The molecule has 2 N–H and O–H groups in total. The molecule has 0 radical (unpaired) electrons. The van der Waals surface area contributed by atoms with Crippen molar-refractivity contribution in [2.24, 2.45) is 0 Å². The molecule has 78 valence electrons. The van der Waals surface area contributed by atoms with E-state index in [1.807, 2.05) is 0 Å². The van der Waals surface area contributed by atoms with Gasteiger partial charge in [-0.05, 0) is 19.1 Å². The van der Waals surface area contributed by atoms with Gasteiger partial charge >= 0.3 is 0 Å². The number of halogens is 1. The van der Waals surface area contributed by atoms with E-state index in [-0.39, 0.29) is 5.75 Å². The number of nitrogens with zero attached hydrogens (tertiary/aromatic N) is 1. The van der Waals surface area contributed by atoms with E-state index in [1.54, 1.807) is 31.2 Å². The maximum Gasteiger partial charge on any atom is 0.248 e. The number of benzene rings is 1. The van der Waals surface area contributed by atoms with Crippen molar-refractivity contribution in [2.45, 2.75) is 6.92 Å². The lowest BCUT2D eigenvalue weighted by Gasteiger charge is -2.04. The Hall–Kier alpha value is -1.68. The lowest BCUT2D eigenvalue weighted by atomic mass is 10.3. The van der Waals surface area contributed by atoms with Gasteiger partial charge in [-0.1, -0.05) is 28.9 Å². The highest BCUT2D eigenvalue weighted by Gasteiger charge is 2.11. The first-order valence-electron chi connectivity index (χ1n) is 4.35. The molecule has 1 aromatic carbocycles. The van der Waals surface area contributed by atoms with Crippen LogP contribution in [0.25, 0.3) is 0 Å². The van der Waals surface area contributed by atoms with Crippen LogP contribution in [0.3, 0.4) is 0 Å². The van der Waals surface area contributed by atoms with Crippen molar-refractivity contribution in [3.05, 3.63) is 35.0 Å². The van der Waals surface area contributed by atoms with Crippen LogP contribution in [0.5, 0.6) is 5.75 Å². The molecule has 2 rings (SSSR count). The first kappa shape index (κ1) is 9.86. The summed E-state index contributed by atoms with van der Waals surface area (Å²) < 4.78 is 4.95. The number of rotatable bonds is 2. The Bertz CT molecular complexity index is 482. The highest BCUT2D eigenvalue weighted by Crippen LogP contribution is 2.31. The number of anilines is 2. The van der Waals surface area contributed by atoms with Gasteiger partial charge in [0, 0.05) is 0 Å². The predicted molar refractivity (Wildman–Crippen MR) is 57.6 cm³/mol. The van der Waals surface area contributed by atoms with Crippen molar-refractivity contribution >= 4 is 23.2 Å². The van der Waals surface area contributed by atoms with Gasteiger partial charge < -0.3 is 14.9 Å². The molecule has 0 atom stereocenters. The number of aryl methyl sites for hydroxylation is 1. The lowest BCUT2D eigenvalue weighted by molar-refractivity contribution is 0.429. The first-order valence-corrected chi connectivity index (χ1v) is 4.73. The topological polar surface area (TPSA) is 58.3 Å². The van der Waals surface area contributed by atoms with Gasteiger partial charge in [0.2, 0.25) is 5.88 Å². The summed E-state index contributed by atoms with van der Waals surface area (Å²) in [7, 11) is 0. The molecule has 0 spiro atoms. The summed E-state index contributed by atoms with van der Waals surface area (Å²) >= 11 is 5.91. The van der Waals surface area contributed by atoms with Crippen LogP contribution in [0.4, 0.5) is 11.6 Å². The van der Waals surface area contributed by atoms with Gasteiger partial charge in [0.15, 0.2) is 0 Å². The van der Waals surface area contributed by atoms with Crippen molar-refractivity contribution < 1.29 is 9.63 Å². The number of hydrogen-bond acceptors (Lipinski definition) is 4. The number of hydrogen-bond donors (Lipinski definition) is 2. The minimum atomic E-state index is 0.127. The molecule has 2 aromatic rings. The number of phenolic OH excluding ortho intramolecular Hbond substituents is 1. The number of aromatic hydroxyl groups is 1. The maximum absolute atomic E-state index is 9.50. The number of nitrogens with one attached hydrogen (secondary N) is 1. The standard InChI is InChI=1S/C10H9ClN2O2/c1-6-9(11)10(15-13-6)12-7-4-2-3-5-8(7)14/h2-5,12,14H,1H3. The van der Waals surface area contributed by atoms with E-state index in [0.717, 1.165) is 0 Å².